The van der Waals surface area contributed by atoms with E-state index < -0.39 is 10.7 Å². The molecule has 3 heteroatoms. The summed E-state index contributed by atoms with van der Waals surface area (Å²) >= 11 is 4.53. The van der Waals surface area contributed by atoms with E-state index in [9.17, 15) is 9.90 Å². The van der Waals surface area contributed by atoms with Crippen LogP contribution in [0.4, 0.5) is 0 Å². The minimum atomic E-state index is -0.885. The summed E-state index contributed by atoms with van der Waals surface area (Å²) in [5.41, 5.74) is 0. The third kappa shape index (κ3) is 13.1. The predicted octanol–water partition coefficient (Wildman–Crippen LogP) is 8.05. The van der Waals surface area contributed by atoms with Crippen molar-refractivity contribution in [3.8, 4) is 0 Å². The van der Waals surface area contributed by atoms with Gasteiger partial charge in [0, 0.05) is 0 Å². The number of hydrogen-bond acceptors (Lipinski definition) is 2. The molecule has 0 heterocycles. The summed E-state index contributed by atoms with van der Waals surface area (Å²) in [6.07, 6.45) is 21.4. The van der Waals surface area contributed by atoms with Crippen molar-refractivity contribution in [3.63, 3.8) is 0 Å². The fraction of sp³-hybridized carbons (Fsp3) is 0.957. The Labute approximate surface area is 169 Å². The molecule has 1 N–H and O–H groups in total. The van der Waals surface area contributed by atoms with Gasteiger partial charge in [0.1, 0.15) is 4.75 Å². The zero-order valence-electron chi connectivity index (χ0n) is 17.9. The predicted molar refractivity (Wildman–Crippen MR) is 118 cm³/mol. The van der Waals surface area contributed by atoms with Crippen molar-refractivity contribution in [2.45, 2.75) is 135 Å². The van der Waals surface area contributed by atoms with Gasteiger partial charge in [0.15, 0.2) is 0 Å². The van der Waals surface area contributed by atoms with Crippen molar-refractivity contribution in [3.05, 3.63) is 0 Å². The van der Waals surface area contributed by atoms with Crippen LogP contribution in [0, 0.1) is 5.92 Å². The van der Waals surface area contributed by atoms with Crippen LogP contribution in [0.25, 0.3) is 0 Å². The second-order valence-corrected chi connectivity index (χ2v) is 9.25. The monoisotopic (exact) mass is 386 g/mol. The van der Waals surface area contributed by atoms with Crippen molar-refractivity contribution in [1.29, 1.82) is 0 Å². The Balaban J connectivity index is 4.00. The first-order chi connectivity index (χ1) is 12.5. The smallest absolute Gasteiger partial charge is 0.319 e. The SMILES string of the molecule is CCCCCCCCCCCC(CCCCCCCC)C(C)(S)C(=O)O. The number of carboxylic acid groups (broad SMARTS) is 1. The Morgan fingerprint density at radius 3 is 1.35 bits per heavy atom. The minimum absolute atomic E-state index is 0.194. The molecule has 0 aromatic heterocycles. The number of carboxylic acids is 1. The number of unbranched alkanes of at least 4 members (excludes halogenated alkanes) is 13. The molecule has 2 nitrogen and oxygen atoms in total. The van der Waals surface area contributed by atoms with Gasteiger partial charge in [-0.25, -0.2) is 0 Å². The van der Waals surface area contributed by atoms with Crippen molar-refractivity contribution < 1.29 is 9.90 Å². The summed E-state index contributed by atoms with van der Waals surface area (Å²) in [6.45, 7) is 6.29. The molecule has 26 heavy (non-hydrogen) atoms. The highest BCUT2D eigenvalue weighted by Gasteiger charge is 2.36. The molecule has 156 valence electrons. The molecule has 0 amide bonds. The molecular formula is C23H46O2S. The molecule has 0 aliphatic rings. The fourth-order valence-corrected chi connectivity index (χ4v) is 4.01. The standard InChI is InChI=1S/C23H46O2S/c1-4-6-8-10-12-13-14-16-18-20-21(23(3,26)22(24)25)19-17-15-11-9-7-5-2/h21,26H,4-20H2,1-3H3,(H,24,25). The van der Waals surface area contributed by atoms with Gasteiger partial charge in [-0.05, 0) is 25.7 Å². The Bertz CT molecular complexity index is 328. The average molecular weight is 387 g/mol. The summed E-state index contributed by atoms with van der Waals surface area (Å²) in [5.74, 6) is -0.563. The molecule has 0 bridgehead atoms. The highest BCUT2D eigenvalue weighted by atomic mass is 32.1. The quantitative estimate of drug-likeness (QED) is 0.174. The Morgan fingerprint density at radius 2 is 1.04 bits per heavy atom. The van der Waals surface area contributed by atoms with E-state index in [1.807, 2.05) is 0 Å². The van der Waals surface area contributed by atoms with Crippen LogP contribution in [0.1, 0.15) is 130 Å². The number of thiol groups is 1. The van der Waals surface area contributed by atoms with E-state index in [-0.39, 0.29) is 5.92 Å². The Hall–Kier alpha value is -0.180. The zero-order valence-corrected chi connectivity index (χ0v) is 18.8. The molecule has 0 aliphatic heterocycles. The third-order valence-corrected chi connectivity index (χ3v) is 6.35. The maximum atomic E-state index is 11.6. The molecular weight excluding hydrogens is 340 g/mol. The molecule has 0 rings (SSSR count). The van der Waals surface area contributed by atoms with Crippen LogP contribution in [0.2, 0.25) is 0 Å². The van der Waals surface area contributed by atoms with Gasteiger partial charge in [-0.1, -0.05) is 110 Å². The van der Waals surface area contributed by atoms with Crippen LogP contribution in [0.3, 0.4) is 0 Å². The number of aliphatic carboxylic acids is 1. The van der Waals surface area contributed by atoms with Gasteiger partial charge in [-0.3, -0.25) is 4.79 Å². The van der Waals surface area contributed by atoms with E-state index in [0.29, 0.717) is 0 Å². The first kappa shape index (κ1) is 25.8. The largest absolute Gasteiger partial charge is 0.480 e. The molecule has 2 unspecified atom stereocenters. The van der Waals surface area contributed by atoms with Crippen molar-refractivity contribution in [2.75, 3.05) is 0 Å². The van der Waals surface area contributed by atoms with Crippen LogP contribution in [-0.2, 0) is 4.79 Å². The minimum Gasteiger partial charge on any atom is -0.480 e. The summed E-state index contributed by atoms with van der Waals surface area (Å²) in [7, 11) is 0. The lowest BCUT2D eigenvalue weighted by molar-refractivity contribution is -0.141. The summed E-state index contributed by atoms with van der Waals surface area (Å²) in [4.78, 5) is 11.6. The lowest BCUT2D eigenvalue weighted by atomic mass is 9.83. The van der Waals surface area contributed by atoms with Gasteiger partial charge in [-0.15, -0.1) is 0 Å². The van der Waals surface area contributed by atoms with E-state index in [0.717, 1.165) is 25.7 Å². The maximum absolute atomic E-state index is 11.6. The van der Waals surface area contributed by atoms with Crippen LogP contribution < -0.4 is 0 Å². The van der Waals surface area contributed by atoms with Crippen LogP contribution in [0.15, 0.2) is 0 Å². The normalized spacial score (nSPS) is 14.9. The number of rotatable bonds is 19. The Morgan fingerprint density at radius 1 is 0.731 bits per heavy atom. The molecule has 0 spiro atoms. The molecule has 0 fully saturated rings. The maximum Gasteiger partial charge on any atom is 0.319 e. The van der Waals surface area contributed by atoms with Gasteiger partial charge in [0.2, 0.25) is 0 Å². The van der Waals surface area contributed by atoms with E-state index in [4.69, 9.17) is 0 Å². The number of carbonyl (C=O) groups is 1. The van der Waals surface area contributed by atoms with Crippen LogP contribution >= 0.6 is 12.6 Å². The molecule has 0 saturated carbocycles. The first-order valence-electron chi connectivity index (χ1n) is 11.4. The van der Waals surface area contributed by atoms with Gasteiger partial charge < -0.3 is 5.11 Å². The third-order valence-electron chi connectivity index (χ3n) is 5.79. The van der Waals surface area contributed by atoms with Gasteiger partial charge in [0.05, 0.1) is 0 Å². The topological polar surface area (TPSA) is 37.3 Å². The highest BCUT2D eigenvalue weighted by Crippen LogP contribution is 2.34. The number of hydrogen-bond donors (Lipinski definition) is 2. The second kappa shape index (κ2) is 17.0. The summed E-state index contributed by atoms with van der Waals surface area (Å²) in [6, 6.07) is 0. The lowest BCUT2D eigenvalue weighted by Crippen LogP contribution is -2.37. The van der Waals surface area contributed by atoms with Gasteiger partial charge in [0.25, 0.3) is 0 Å². The van der Waals surface area contributed by atoms with Gasteiger partial charge in [-0.2, -0.15) is 12.6 Å². The molecule has 2 atom stereocenters. The molecule has 0 aromatic rings. The van der Waals surface area contributed by atoms with E-state index in [1.165, 1.54) is 83.5 Å². The zero-order chi connectivity index (χ0) is 19.7. The van der Waals surface area contributed by atoms with Crippen molar-refractivity contribution in [2.24, 2.45) is 5.92 Å². The molecule has 0 saturated heterocycles. The van der Waals surface area contributed by atoms with Crippen molar-refractivity contribution >= 4 is 18.6 Å². The van der Waals surface area contributed by atoms with Crippen molar-refractivity contribution in [1.82, 2.24) is 0 Å². The fourth-order valence-electron chi connectivity index (χ4n) is 3.75. The van der Waals surface area contributed by atoms with Gasteiger partial charge >= 0.3 is 5.97 Å². The Kier molecular flexibility index (Phi) is 16.8. The molecule has 0 aliphatic carbocycles. The first-order valence-corrected chi connectivity index (χ1v) is 11.9. The molecule has 0 aromatic carbocycles. The van der Waals surface area contributed by atoms with Crippen LogP contribution in [-0.4, -0.2) is 15.8 Å². The van der Waals surface area contributed by atoms with E-state index >= 15 is 0 Å². The summed E-state index contributed by atoms with van der Waals surface area (Å²) in [5, 5.41) is 9.55. The van der Waals surface area contributed by atoms with Crippen LogP contribution in [0.5, 0.6) is 0 Å². The molecule has 0 radical (unpaired) electrons. The average Bonchev–Trinajstić information content (AvgIpc) is 2.61. The van der Waals surface area contributed by atoms with E-state index in [1.54, 1.807) is 6.92 Å². The second-order valence-electron chi connectivity index (χ2n) is 8.32. The highest BCUT2D eigenvalue weighted by molar-refractivity contribution is 7.82. The van der Waals surface area contributed by atoms with E-state index in [2.05, 4.69) is 26.5 Å². The summed E-state index contributed by atoms with van der Waals surface area (Å²) < 4.78 is -0.885. The lowest BCUT2D eigenvalue weighted by Gasteiger charge is -2.30.